The van der Waals surface area contributed by atoms with Crippen molar-refractivity contribution in [3.8, 4) is 28.1 Å². The lowest BCUT2D eigenvalue weighted by Gasteiger charge is -2.46. The molecule has 0 unspecified atom stereocenters. The van der Waals surface area contributed by atoms with E-state index < -0.39 is 0 Å². The zero-order valence-corrected chi connectivity index (χ0v) is 21.2. The Kier molecular flexibility index (Phi) is 5.78. The third-order valence-electron chi connectivity index (χ3n) is 6.05. The lowest BCUT2D eigenvalue weighted by atomic mass is 9.80. The lowest BCUT2D eigenvalue weighted by Crippen LogP contribution is -2.58. The quantitative estimate of drug-likeness (QED) is 0.426. The summed E-state index contributed by atoms with van der Waals surface area (Å²) >= 11 is 0. The van der Waals surface area contributed by atoms with E-state index in [0.29, 0.717) is 22.4 Å². The molecule has 9 nitrogen and oxygen atoms in total. The van der Waals surface area contributed by atoms with E-state index in [9.17, 15) is 5.11 Å². The van der Waals surface area contributed by atoms with Crippen LogP contribution >= 0.6 is 17.0 Å². The summed E-state index contributed by atoms with van der Waals surface area (Å²) in [6.45, 7) is 8.84. The summed E-state index contributed by atoms with van der Waals surface area (Å²) in [5.74, 6) is 0.134. The van der Waals surface area contributed by atoms with Gasteiger partial charge in [0, 0.05) is 35.4 Å². The van der Waals surface area contributed by atoms with Crippen LogP contribution in [0.2, 0.25) is 0 Å². The standard InChI is InChI=1S/C23H28N8O.BrH/c1-22(2)10-16(11-23(3,4)28-22)31-21-19(26-29-31)9-18(25-27-21)17-7-6-14(8-20(17)32)15-12-24-30(5)13-15;/h6-9,12-13,16,28,32H,10-11H2,1-5H3;1H. The average Bonchev–Trinajstić information content (AvgIpc) is 3.31. The Labute approximate surface area is 203 Å². The Morgan fingerprint density at radius 2 is 1.73 bits per heavy atom. The smallest absolute Gasteiger partial charge is 0.201 e. The fourth-order valence-electron chi connectivity index (χ4n) is 5.07. The summed E-state index contributed by atoms with van der Waals surface area (Å²) in [5, 5.41) is 36.2. The summed E-state index contributed by atoms with van der Waals surface area (Å²) in [6, 6.07) is 7.51. The minimum Gasteiger partial charge on any atom is -0.507 e. The van der Waals surface area contributed by atoms with Gasteiger partial charge in [-0.3, -0.25) is 4.68 Å². The molecule has 1 aliphatic rings. The predicted octanol–water partition coefficient (Wildman–Crippen LogP) is 4.05. The van der Waals surface area contributed by atoms with E-state index in [1.165, 1.54) is 0 Å². The van der Waals surface area contributed by atoms with Gasteiger partial charge in [0.2, 0.25) is 5.65 Å². The number of phenols is 1. The number of aryl methyl sites for hydroxylation is 1. The third-order valence-corrected chi connectivity index (χ3v) is 6.05. The SMILES string of the molecule is Br.Cn1cc(-c2ccc(-c3cc4nnn(C5CC(C)(C)NC(C)(C)C5)c4nn3)c(O)c2)cn1. The monoisotopic (exact) mass is 512 g/mol. The number of piperidine rings is 1. The van der Waals surface area contributed by atoms with Crippen molar-refractivity contribution in [3.63, 3.8) is 0 Å². The van der Waals surface area contributed by atoms with E-state index in [1.807, 2.05) is 36.1 Å². The number of fused-ring (bicyclic) bond motifs is 1. The zero-order chi connectivity index (χ0) is 22.7. The maximum Gasteiger partial charge on any atom is 0.201 e. The molecule has 1 saturated heterocycles. The molecule has 3 aromatic heterocycles. The first-order valence-corrected chi connectivity index (χ1v) is 10.8. The Morgan fingerprint density at radius 1 is 1.00 bits per heavy atom. The van der Waals surface area contributed by atoms with Crippen LogP contribution in [0.25, 0.3) is 33.5 Å². The van der Waals surface area contributed by atoms with E-state index >= 15 is 0 Å². The summed E-state index contributed by atoms with van der Waals surface area (Å²) in [4.78, 5) is 0. The summed E-state index contributed by atoms with van der Waals surface area (Å²) in [7, 11) is 1.86. The molecule has 0 radical (unpaired) electrons. The van der Waals surface area contributed by atoms with Crippen molar-refractivity contribution in [3.05, 3.63) is 36.7 Å². The van der Waals surface area contributed by atoms with Crippen LogP contribution in [0.1, 0.15) is 46.6 Å². The molecule has 2 N–H and O–H groups in total. The zero-order valence-electron chi connectivity index (χ0n) is 19.4. The summed E-state index contributed by atoms with van der Waals surface area (Å²) in [6.07, 6.45) is 5.52. The van der Waals surface area contributed by atoms with Crippen molar-refractivity contribution < 1.29 is 5.11 Å². The van der Waals surface area contributed by atoms with Crippen LogP contribution in [-0.4, -0.2) is 51.2 Å². The fraction of sp³-hybridized carbons (Fsp3) is 0.435. The molecular weight excluding hydrogens is 484 g/mol. The van der Waals surface area contributed by atoms with Crippen molar-refractivity contribution in [2.45, 2.75) is 57.7 Å². The number of halogens is 1. The fourth-order valence-corrected chi connectivity index (χ4v) is 5.07. The van der Waals surface area contributed by atoms with Crippen molar-refractivity contribution in [1.82, 2.24) is 40.3 Å². The molecule has 1 aromatic carbocycles. The molecular formula is C23H29BrN8O. The number of aromatic nitrogens is 7. The van der Waals surface area contributed by atoms with Crippen molar-refractivity contribution in [2.75, 3.05) is 0 Å². The number of nitrogens with one attached hydrogen (secondary N) is 1. The van der Waals surface area contributed by atoms with Gasteiger partial charge in [-0.2, -0.15) is 5.10 Å². The predicted molar refractivity (Wildman–Crippen MR) is 132 cm³/mol. The Balaban J connectivity index is 0.00000259. The van der Waals surface area contributed by atoms with Gasteiger partial charge in [-0.25, -0.2) is 4.68 Å². The van der Waals surface area contributed by atoms with Crippen LogP contribution in [-0.2, 0) is 7.05 Å². The van der Waals surface area contributed by atoms with Gasteiger partial charge in [-0.15, -0.1) is 32.3 Å². The second-order valence-electron chi connectivity index (χ2n) is 10.1. The Morgan fingerprint density at radius 3 is 2.36 bits per heavy atom. The van der Waals surface area contributed by atoms with E-state index in [2.05, 4.69) is 58.6 Å². The normalized spacial score (nSPS) is 17.7. The number of hydrogen-bond donors (Lipinski definition) is 2. The van der Waals surface area contributed by atoms with Crippen LogP contribution in [0, 0.1) is 0 Å². The van der Waals surface area contributed by atoms with Crippen molar-refractivity contribution in [1.29, 1.82) is 0 Å². The molecule has 33 heavy (non-hydrogen) atoms. The van der Waals surface area contributed by atoms with Gasteiger partial charge in [-0.05, 0) is 64.3 Å². The summed E-state index contributed by atoms with van der Waals surface area (Å²) < 4.78 is 3.63. The maximum absolute atomic E-state index is 10.7. The van der Waals surface area contributed by atoms with Gasteiger partial charge in [-0.1, -0.05) is 11.3 Å². The Bertz CT molecular complexity index is 1290. The molecule has 5 rings (SSSR count). The van der Waals surface area contributed by atoms with Gasteiger partial charge in [0.15, 0.2) is 0 Å². The molecule has 1 aliphatic heterocycles. The van der Waals surface area contributed by atoms with Gasteiger partial charge in [0.05, 0.1) is 17.9 Å². The van der Waals surface area contributed by atoms with Crippen LogP contribution in [0.15, 0.2) is 36.7 Å². The highest BCUT2D eigenvalue weighted by Crippen LogP contribution is 2.37. The molecule has 1 fully saturated rings. The van der Waals surface area contributed by atoms with Gasteiger partial charge in [0.1, 0.15) is 11.3 Å². The van der Waals surface area contributed by atoms with Gasteiger partial charge < -0.3 is 10.4 Å². The highest BCUT2D eigenvalue weighted by atomic mass is 79.9. The third kappa shape index (κ3) is 4.49. The Hall–Kier alpha value is -2.85. The number of aromatic hydroxyl groups is 1. The minimum atomic E-state index is -0.0140. The van der Waals surface area contributed by atoms with E-state index in [1.54, 1.807) is 16.9 Å². The van der Waals surface area contributed by atoms with Crippen LogP contribution in [0.4, 0.5) is 0 Å². The van der Waals surface area contributed by atoms with E-state index in [4.69, 9.17) is 0 Å². The second-order valence-corrected chi connectivity index (χ2v) is 10.1. The first-order chi connectivity index (χ1) is 15.1. The largest absolute Gasteiger partial charge is 0.507 e. The molecule has 4 heterocycles. The number of rotatable bonds is 3. The molecule has 10 heteroatoms. The maximum atomic E-state index is 10.7. The number of phenolic OH excluding ortho intramolecular Hbond substituents is 1. The molecule has 0 saturated carbocycles. The highest BCUT2D eigenvalue weighted by Gasteiger charge is 2.39. The molecule has 0 atom stereocenters. The molecule has 0 aliphatic carbocycles. The average molecular weight is 513 g/mol. The van der Waals surface area contributed by atoms with Crippen molar-refractivity contribution >= 4 is 28.1 Å². The highest BCUT2D eigenvalue weighted by molar-refractivity contribution is 8.93. The molecule has 174 valence electrons. The van der Waals surface area contributed by atoms with Crippen molar-refractivity contribution in [2.24, 2.45) is 7.05 Å². The number of hydrogen-bond acceptors (Lipinski definition) is 7. The lowest BCUT2D eigenvalue weighted by molar-refractivity contribution is 0.127. The number of nitrogens with zero attached hydrogens (tertiary/aromatic N) is 7. The summed E-state index contributed by atoms with van der Waals surface area (Å²) in [5.41, 5.74) is 4.29. The second kappa shape index (κ2) is 8.18. The first-order valence-electron chi connectivity index (χ1n) is 10.8. The molecule has 0 bridgehead atoms. The van der Waals surface area contributed by atoms with Gasteiger partial charge in [0.25, 0.3) is 0 Å². The van der Waals surface area contributed by atoms with Crippen LogP contribution in [0.3, 0.4) is 0 Å². The van der Waals surface area contributed by atoms with Gasteiger partial charge >= 0.3 is 0 Å². The van der Waals surface area contributed by atoms with E-state index in [-0.39, 0.29) is 39.9 Å². The van der Waals surface area contributed by atoms with Crippen LogP contribution in [0.5, 0.6) is 5.75 Å². The number of benzene rings is 1. The molecule has 4 aromatic rings. The van der Waals surface area contributed by atoms with E-state index in [0.717, 1.165) is 24.0 Å². The topological polar surface area (TPSA) is 107 Å². The molecule has 0 amide bonds. The minimum absolute atomic E-state index is 0. The molecule has 0 spiro atoms. The van der Waals surface area contributed by atoms with Crippen LogP contribution < -0.4 is 5.32 Å². The first kappa shape index (κ1) is 23.3.